The summed E-state index contributed by atoms with van der Waals surface area (Å²) in [6.07, 6.45) is 0. The lowest BCUT2D eigenvalue weighted by molar-refractivity contribution is 0.0692. The molecule has 2 amide bonds. The van der Waals surface area contributed by atoms with Crippen LogP contribution in [0.25, 0.3) is 0 Å². The van der Waals surface area contributed by atoms with Gasteiger partial charge in [-0.15, -0.1) is 0 Å². The van der Waals surface area contributed by atoms with Crippen LogP contribution in [0.15, 0.2) is 66.7 Å². The summed E-state index contributed by atoms with van der Waals surface area (Å²) in [5.41, 5.74) is 3.49. The van der Waals surface area contributed by atoms with Gasteiger partial charge >= 0.3 is 5.97 Å². The Bertz CT molecular complexity index is 1110. The van der Waals surface area contributed by atoms with Crippen LogP contribution >= 0.6 is 0 Å². The van der Waals surface area contributed by atoms with Gasteiger partial charge in [0.15, 0.2) is 0 Å². The van der Waals surface area contributed by atoms with Gasteiger partial charge in [0.1, 0.15) is 0 Å². The van der Waals surface area contributed by atoms with Gasteiger partial charge in [-0.05, 0) is 61.4 Å². The van der Waals surface area contributed by atoms with Crippen molar-refractivity contribution in [1.29, 1.82) is 0 Å². The third kappa shape index (κ3) is 4.50. The van der Waals surface area contributed by atoms with E-state index < -0.39 is 11.9 Å². The fourth-order valence-electron chi connectivity index (χ4n) is 2.89. The highest BCUT2D eigenvalue weighted by Gasteiger charge is 2.16. The first kappa shape index (κ1) is 19.8. The molecule has 0 bridgehead atoms. The first-order chi connectivity index (χ1) is 13.9. The summed E-state index contributed by atoms with van der Waals surface area (Å²) in [6.45, 7) is 3.90. The predicted molar refractivity (Wildman–Crippen MR) is 112 cm³/mol. The number of amides is 2. The number of carboxylic acid groups (broad SMARTS) is 1. The van der Waals surface area contributed by atoms with Gasteiger partial charge in [-0.2, -0.15) is 0 Å². The molecule has 0 aliphatic rings. The first-order valence-corrected chi connectivity index (χ1v) is 8.98. The van der Waals surface area contributed by atoms with Gasteiger partial charge in [0.05, 0.1) is 11.1 Å². The largest absolute Gasteiger partial charge is 0.478 e. The van der Waals surface area contributed by atoms with Gasteiger partial charge in [-0.3, -0.25) is 9.59 Å². The quantitative estimate of drug-likeness (QED) is 0.599. The fourth-order valence-corrected chi connectivity index (χ4v) is 2.89. The fraction of sp³-hybridized carbons (Fsp3) is 0.0870. The summed E-state index contributed by atoms with van der Waals surface area (Å²) in [4.78, 5) is 36.5. The Morgan fingerprint density at radius 3 is 2.17 bits per heavy atom. The van der Waals surface area contributed by atoms with Crippen LogP contribution in [0.2, 0.25) is 0 Å². The molecule has 0 saturated heterocycles. The number of aryl methyl sites for hydroxylation is 1. The van der Waals surface area contributed by atoms with Gasteiger partial charge in [0, 0.05) is 16.9 Å². The number of rotatable bonds is 5. The molecule has 6 nitrogen and oxygen atoms in total. The molecule has 0 radical (unpaired) electrons. The Morgan fingerprint density at radius 1 is 0.759 bits per heavy atom. The number of hydrogen-bond acceptors (Lipinski definition) is 3. The molecule has 0 unspecified atom stereocenters. The summed E-state index contributed by atoms with van der Waals surface area (Å²) >= 11 is 0. The normalized spacial score (nSPS) is 10.3. The van der Waals surface area contributed by atoms with E-state index in [2.05, 4.69) is 10.6 Å². The van der Waals surface area contributed by atoms with Crippen LogP contribution in [0.4, 0.5) is 11.4 Å². The zero-order valence-electron chi connectivity index (χ0n) is 16.0. The number of carboxylic acids is 1. The number of carbonyl (C=O) groups is 3. The van der Waals surface area contributed by atoms with Crippen LogP contribution in [0, 0.1) is 13.8 Å². The van der Waals surface area contributed by atoms with Crippen molar-refractivity contribution in [2.45, 2.75) is 13.8 Å². The van der Waals surface area contributed by atoms with Gasteiger partial charge in [0.2, 0.25) is 0 Å². The zero-order chi connectivity index (χ0) is 21.0. The van der Waals surface area contributed by atoms with Crippen LogP contribution in [0.3, 0.4) is 0 Å². The monoisotopic (exact) mass is 388 g/mol. The second kappa shape index (κ2) is 8.39. The SMILES string of the molecule is Cc1cccc(NC(=O)c2cccc(NC(=O)c3ccccc3C(=O)O)c2)c1C. The molecule has 29 heavy (non-hydrogen) atoms. The van der Waals surface area contributed by atoms with Crippen molar-refractivity contribution in [3.8, 4) is 0 Å². The van der Waals surface area contributed by atoms with E-state index >= 15 is 0 Å². The van der Waals surface area contributed by atoms with E-state index in [9.17, 15) is 19.5 Å². The molecule has 0 aromatic heterocycles. The Labute approximate surface area is 168 Å². The molecule has 0 heterocycles. The molecular weight excluding hydrogens is 368 g/mol. The number of benzene rings is 3. The molecule has 0 spiro atoms. The zero-order valence-corrected chi connectivity index (χ0v) is 16.0. The molecule has 0 aliphatic carbocycles. The summed E-state index contributed by atoms with van der Waals surface area (Å²) in [6, 6.07) is 18.1. The van der Waals surface area contributed by atoms with Crippen LogP contribution in [-0.4, -0.2) is 22.9 Å². The van der Waals surface area contributed by atoms with Crippen LogP contribution in [0.1, 0.15) is 42.2 Å². The number of hydrogen-bond donors (Lipinski definition) is 3. The van der Waals surface area contributed by atoms with Crippen molar-refractivity contribution in [1.82, 2.24) is 0 Å². The van der Waals surface area contributed by atoms with E-state index in [1.807, 2.05) is 32.0 Å². The van der Waals surface area contributed by atoms with Crippen molar-refractivity contribution < 1.29 is 19.5 Å². The minimum absolute atomic E-state index is 0.0465. The molecule has 3 rings (SSSR count). The summed E-state index contributed by atoms with van der Waals surface area (Å²) in [5, 5.41) is 14.8. The topological polar surface area (TPSA) is 95.5 Å². The minimum Gasteiger partial charge on any atom is -0.478 e. The van der Waals surface area contributed by atoms with E-state index in [-0.39, 0.29) is 17.0 Å². The lowest BCUT2D eigenvalue weighted by atomic mass is 10.1. The van der Waals surface area contributed by atoms with Crippen molar-refractivity contribution in [3.05, 3.63) is 94.5 Å². The molecular formula is C23H20N2O4. The lowest BCUT2D eigenvalue weighted by Gasteiger charge is -2.12. The maximum absolute atomic E-state index is 12.6. The molecule has 0 atom stereocenters. The van der Waals surface area contributed by atoms with Crippen LogP contribution in [-0.2, 0) is 0 Å². The number of anilines is 2. The van der Waals surface area contributed by atoms with Crippen LogP contribution in [0.5, 0.6) is 0 Å². The van der Waals surface area contributed by atoms with Crippen molar-refractivity contribution in [3.63, 3.8) is 0 Å². The van der Waals surface area contributed by atoms with Gasteiger partial charge in [0.25, 0.3) is 11.8 Å². The van der Waals surface area contributed by atoms with Gasteiger partial charge in [-0.1, -0.05) is 30.3 Å². The van der Waals surface area contributed by atoms with Gasteiger partial charge < -0.3 is 15.7 Å². The maximum Gasteiger partial charge on any atom is 0.336 e. The Kier molecular flexibility index (Phi) is 5.74. The predicted octanol–water partition coefficient (Wildman–Crippen LogP) is 4.51. The number of aromatic carboxylic acids is 1. The highest BCUT2D eigenvalue weighted by atomic mass is 16.4. The second-order valence-electron chi connectivity index (χ2n) is 6.59. The van der Waals surface area contributed by atoms with Crippen molar-refractivity contribution in [2.75, 3.05) is 10.6 Å². The van der Waals surface area contributed by atoms with E-state index in [0.717, 1.165) is 16.8 Å². The molecule has 146 valence electrons. The first-order valence-electron chi connectivity index (χ1n) is 8.98. The van der Waals surface area contributed by atoms with E-state index in [1.54, 1.807) is 36.4 Å². The minimum atomic E-state index is -1.18. The lowest BCUT2D eigenvalue weighted by Crippen LogP contribution is -2.17. The summed E-state index contributed by atoms with van der Waals surface area (Å²) in [5.74, 6) is -2.05. The number of nitrogens with one attached hydrogen (secondary N) is 2. The molecule has 3 aromatic carbocycles. The highest BCUT2D eigenvalue weighted by Crippen LogP contribution is 2.20. The van der Waals surface area contributed by atoms with E-state index in [0.29, 0.717) is 11.3 Å². The second-order valence-corrected chi connectivity index (χ2v) is 6.59. The summed E-state index contributed by atoms with van der Waals surface area (Å²) in [7, 11) is 0. The van der Waals surface area contributed by atoms with E-state index in [4.69, 9.17) is 0 Å². The standard InChI is InChI=1S/C23H20N2O4/c1-14-7-5-12-20(15(14)2)25-21(26)16-8-6-9-17(13-16)24-22(27)18-10-3-4-11-19(18)23(28)29/h3-13H,1-2H3,(H,24,27)(H,25,26)(H,28,29). The Balaban J connectivity index is 1.79. The molecule has 0 saturated carbocycles. The Hall–Kier alpha value is -3.93. The third-order valence-electron chi connectivity index (χ3n) is 4.64. The van der Waals surface area contributed by atoms with Gasteiger partial charge in [-0.25, -0.2) is 4.79 Å². The molecule has 3 aromatic rings. The van der Waals surface area contributed by atoms with E-state index in [1.165, 1.54) is 12.1 Å². The highest BCUT2D eigenvalue weighted by molar-refractivity contribution is 6.11. The smallest absolute Gasteiger partial charge is 0.336 e. The average Bonchev–Trinajstić information content (AvgIpc) is 2.71. The third-order valence-corrected chi connectivity index (χ3v) is 4.64. The molecule has 0 fully saturated rings. The van der Waals surface area contributed by atoms with Crippen molar-refractivity contribution in [2.24, 2.45) is 0 Å². The molecule has 6 heteroatoms. The maximum atomic E-state index is 12.6. The summed E-state index contributed by atoms with van der Waals surface area (Å²) < 4.78 is 0. The van der Waals surface area contributed by atoms with Crippen molar-refractivity contribution >= 4 is 29.2 Å². The molecule has 3 N–H and O–H groups in total. The number of carbonyl (C=O) groups excluding carboxylic acids is 2. The van der Waals surface area contributed by atoms with Crippen LogP contribution < -0.4 is 10.6 Å². The Morgan fingerprint density at radius 2 is 1.45 bits per heavy atom. The molecule has 0 aliphatic heterocycles. The average molecular weight is 388 g/mol.